The molecule has 0 radical (unpaired) electrons. The molecule has 33 heavy (non-hydrogen) atoms. The first kappa shape index (κ1) is 22.0. The van der Waals surface area contributed by atoms with Crippen molar-refractivity contribution in [2.75, 3.05) is 20.8 Å². The Morgan fingerprint density at radius 3 is 2.52 bits per heavy atom. The van der Waals surface area contributed by atoms with Crippen LogP contribution in [0.5, 0.6) is 17.2 Å². The predicted octanol–water partition coefficient (Wildman–Crippen LogP) is 5.45. The first-order chi connectivity index (χ1) is 16.0. The summed E-state index contributed by atoms with van der Waals surface area (Å²) in [6, 6.07) is 19.3. The summed E-state index contributed by atoms with van der Waals surface area (Å²) in [7, 11) is 3.15. The molecule has 168 valence electrons. The number of carbonyl (C=O) groups is 1. The minimum absolute atomic E-state index is 0.163. The number of hydrogen-bond donors (Lipinski definition) is 1. The molecule has 0 saturated carbocycles. The van der Waals surface area contributed by atoms with Crippen LogP contribution in [0.25, 0.3) is 22.3 Å². The van der Waals surface area contributed by atoms with Crippen molar-refractivity contribution in [3.05, 3.63) is 77.7 Å². The molecule has 0 amide bonds. The normalized spacial score (nSPS) is 11.4. The summed E-state index contributed by atoms with van der Waals surface area (Å²) in [6.07, 6.45) is 0. The number of ether oxygens (including phenoxy) is 3. The van der Waals surface area contributed by atoms with E-state index in [1.807, 2.05) is 43.3 Å². The van der Waals surface area contributed by atoms with Gasteiger partial charge in [-0.3, -0.25) is 0 Å². The van der Waals surface area contributed by atoms with E-state index in [1.54, 1.807) is 32.4 Å². The molecule has 0 unspecified atom stereocenters. The number of carboxylic acid groups (broad SMARTS) is 1. The van der Waals surface area contributed by atoms with Crippen LogP contribution in [0.4, 0.5) is 5.69 Å². The largest absolute Gasteiger partial charge is 0.494 e. The summed E-state index contributed by atoms with van der Waals surface area (Å²) in [6.45, 7) is 2.44. The Labute approximate surface area is 190 Å². The second kappa shape index (κ2) is 9.48. The number of aromatic carboxylic acids is 1. The van der Waals surface area contributed by atoms with E-state index in [4.69, 9.17) is 23.6 Å². The number of benzene rings is 3. The zero-order valence-corrected chi connectivity index (χ0v) is 18.5. The second-order valence-corrected chi connectivity index (χ2v) is 7.12. The maximum atomic E-state index is 11.4. The Morgan fingerprint density at radius 1 is 0.970 bits per heavy atom. The topological polar surface area (TPSA) is 90.5 Å². The molecule has 0 aliphatic heterocycles. The van der Waals surface area contributed by atoms with E-state index >= 15 is 0 Å². The summed E-state index contributed by atoms with van der Waals surface area (Å²) < 4.78 is 22.6. The van der Waals surface area contributed by atoms with Gasteiger partial charge in [0.15, 0.2) is 11.5 Å². The highest BCUT2D eigenvalue weighted by Crippen LogP contribution is 2.33. The minimum Gasteiger partial charge on any atom is -0.494 e. The first-order valence-corrected chi connectivity index (χ1v) is 10.3. The molecular weight excluding hydrogens is 422 g/mol. The fraction of sp³-hybridized carbons (Fsp3) is 0.154. The van der Waals surface area contributed by atoms with E-state index in [2.05, 4.69) is 0 Å². The van der Waals surface area contributed by atoms with Crippen molar-refractivity contribution in [3.8, 4) is 28.6 Å². The highest BCUT2D eigenvalue weighted by atomic mass is 16.5. The van der Waals surface area contributed by atoms with Crippen LogP contribution in [0.3, 0.4) is 0 Å². The maximum absolute atomic E-state index is 11.4. The summed E-state index contributed by atoms with van der Waals surface area (Å²) in [5.74, 6) is 1.43. The monoisotopic (exact) mass is 445 g/mol. The van der Waals surface area contributed by atoms with Crippen LogP contribution < -0.4 is 19.6 Å². The summed E-state index contributed by atoms with van der Waals surface area (Å²) in [5.41, 5.74) is 2.07. The van der Waals surface area contributed by atoms with Crippen molar-refractivity contribution in [2.24, 2.45) is 4.99 Å². The SMILES string of the molecule is CCOc1ccc2oc(-c3ccc(OC)c(OC)c3)cc(=Nc3cccc(C(=O)O)c3)c2c1. The van der Waals surface area contributed by atoms with Gasteiger partial charge in [0, 0.05) is 17.0 Å². The summed E-state index contributed by atoms with van der Waals surface area (Å²) in [4.78, 5) is 16.1. The first-order valence-electron chi connectivity index (χ1n) is 10.3. The maximum Gasteiger partial charge on any atom is 0.335 e. The van der Waals surface area contributed by atoms with Gasteiger partial charge in [-0.2, -0.15) is 0 Å². The molecule has 4 rings (SSSR count). The van der Waals surface area contributed by atoms with Crippen LogP contribution >= 0.6 is 0 Å². The molecule has 7 heteroatoms. The van der Waals surface area contributed by atoms with Crippen molar-refractivity contribution >= 4 is 22.6 Å². The number of fused-ring (bicyclic) bond motifs is 1. The van der Waals surface area contributed by atoms with Crippen LogP contribution in [-0.2, 0) is 0 Å². The molecule has 3 aromatic carbocycles. The molecule has 1 aromatic heterocycles. The van der Waals surface area contributed by atoms with Gasteiger partial charge in [-0.15, -0.1) is 0 Å². The van der Waals surface area contributed by atoms with Crippen molar-refractivity contribution in [1.29, 1.82) is 0 Å². The van der Waals surface area contributed by atoms with Crippen LogP contribution in [-0.4, -0.2) is 31.9 Å². The zero-order valence-electron chi connectivity index (χ0n) is 18.5. The quantitative estimate of drug-likeness (QED) is 0.407. The lowest BCUT2D eigenvalue weighted by molar-refractivity contribution is 0.0697. The van der Waals surface area contributed by atoms with Gasteiger partial charge in [-0.1, -0.05) is 6.07 Å². The van der Waals surface area contributed by atoms with Crippen molar-refractivity contribution < 1.29 is 28.5 Å². The molecule has 0 fully saturated rings. The fourth-order valence-electron chi connectivity index (χ4n) is 3.48. The van der Waals surface area contributed by atoms with Gasteiger partial charge >= 0.3 is 5.97 Å². The third kappa shape index (κ3) is 4.67. The van der Waals surface area contributed by atoms with E-state index in [0.29, 0.717) is 46.2 Å². The van der Waals surface area contributed by atoms with Crippen LogP contribution in [0.2, 0.25) is 0 Å². The summed E-state index contributed by atoms with van der Waals surface area (Å²) >= 11 is 0. The predicted molar refractivity (Wildman–Crippen MR) is 125 cm³/mol. The Kier molecular flexibility index (Phi) is 6.31. The number of hydrogen-bond acceptors (Lipinski definition) is 6. The lowest BCUT2D eigenvalue weighted by Crippen LogP contribution is -2.04. The number of nitrogens with zero attached hydrogens (tertiary/aromatic N) is 1. The Bertz CT molecular complexity index is 1390. The van der Waals surface area contributed by atoms with E-state index in [-0.39, 0.29) is 5.56 Å². The molecule has 0 aliphatic rings. The molecule has 1 heterocycles. The van der Waals surface area contributed by atoms with Crippen LogP contribution in [0, 0.1) is 0 Å². The van der Waals surface area contributed by atoms with Gasteiger partial charge in [0.05, 0.1) is 37.4 Å². The molecule has 0 spiro atoms. The summed E-state index contributed by atoms with van der Waals surface area (Å²) in [5, 5.41) is 10.7. The molecule has 7 nitrogen and oxygen atoms in total. The number of rotatable bonds is 7. The molecule has 0 aliphatic carbocycles. The lowest BCUT2D eigenvalue weighted by Gasteiger charge is -2.11. The molecule has 0 atom stereocenters. The zero-order chi connectivity index (χ0) is 23.4. The number of carboxylic acids is 1. The third-order valence-electron chi connectivity index (χ3n) is 5.04. The van der Waals surface area contributed by atoms with Crippen molar-refractivity contribution in [2.45, 2.75) is 6.92 Å². The average Bonchev–Trinajstić information content (AvgIpc) is 2.84. The highest BCUT2D eigenvalue weighted by molar-refractivity contribution is 5.88. The smallest absolute Gasteiger partial charge is 0.335 e. The molecule has 1 N–H and O–H groups in total. The molecule has 4 aromatic rings. The fourth-order valence-corrected chi connectivity index (χ4v) is 3.48. The second-order valence-electron chi connectivity index (χ2n) is 7.12. The highest BCUT2D eigenvalue weighted by Gasteiger charge is 2.12. The molecule has 0 saturated heterocycles. The van der Waals surface area contributed by atoms with E-state index in [0.717, 1.165) is 10.9 Å². The van der Waals surface area contributed by atoms with Gasteiger partial charge < -0.3 is 23.7 Å². The standard InChI is InChI=1S/C26H23NO6/c1-4-32-19-9-11-22-20(14-19)21(27-18-7-5-6-17(12-18)26(28)29)15-24(33-22)16-8-10-23(30-2)25(13-16)31-3/h5-15H,4H2,1-3H3,(H,28,29). The minimum atomic E-state index is -1.01. The van der Waals surface area contributed by atoms with Crippen molar-refractivity contribution in [3.63, 3.8) is 0 Å². The van der Waals surface area contributed by atoms with Gasteiger partial charge in [-0.05, 0) is 61.5 Å². The Hall–Kier alpha value is -4.26. The molecular formula is C26H23NO6. The van der Waals surface area contributed by atoms with Crippen LogP contribution in [0.1, 0.15) is 17.3 Å². The Balaban J connectivity index is 1.95. The lowest BCUT2D eigenvalue weighted by atomic mass is 10.1. The van der Waals surface area contributed by atoms with E-state index in [1.165, 1.54) is 12.1 Å². The van der Waals surface area contributed by atoms with E-state index < -0.39 is 5.97 Å². The van der Waals surface area contributed by atoms with Gasteiger partial charge in [-0.25, -0.2) is 9.79 Å². The molecule has 0 bridgehead atoms. The van der Waals surface area contributed by atoms with Crippen molar-refractivity contribution in [1.82, 2.24) is 0 Å². The van der Waals surface area contributed by atoms with E-state index in [9.17, 15) is 9.90 Å². The third-order valence-corrected chi connectivity index (χ3v) is 5.04. The van der Waals surface area contributed by atoms with Crippen LogP contribution in [0.15, 0.2) is 76.1 Å². The van der Waals surface area contributed by atoms with Gasteiger partial charge in [0.1, 0.15) is 17.1 Å². The van der Waals surface area contributed by atoms with Gasteiger partial charge in [0.2, 0.25) is 0 Å². The average molecular weight is 445 g/mol. The number of methoxy groups -OCH3 is 2. The van der Waals surface area contributed by atoms with Gasteiger partial charge in [0.25, 0.3) is 0 Å². The Morgan fingerprint density at radius 2 is 1.79 bits per heavy atom.